The fourth-order valence-corrected chi connectivity index (χ4v) is 5.89. The van der Waals surface area contributed by atoms with Gasteiger partial charge < -0.3 is 10.2 Å². The average Bonchev–Trinajstić information content (AvgIpc) is 2.90. The maximum absolute atomic E-state index is 13.9. The lowest BCUT2D eigenvalue weighted by Gasteiger charge is -2.32. The predicted octanol–water partition coefficient (Wildman–Crippen LogP) is 5.59. The Morgan fingerprint density at radius 2 is 1.56 bits per heavy atom. The summed E-state index contributed by atoms with van der Waals surface area (Å²) >= 11 is 3.46. The van der Waals surface area contributed by atoms with E-state index in [4.69, 9.17) is 0 Å². The molecule has 0 aliphatic carbocycles. The van der Waals surface area contributed by atoms with E-state index < -0.39 is 28.5 Å². The van der Waals surface area contributed by atoms with Crippen LogP contribution in [-0.4, -0.2) is 44.3 Å². The lowest BCUT2D eigenvalue weighted by Crippen LogP contribution is -2.51. The van der Waals surface area contributed by atoms with E-state index in [1.165, 1.54) is 4.90 Å². The maximum Gasteiger partial charge on any atom is 0.264 e. The van der Waals surface area contributed by atoms with E-state index in [1.54, 1.807) is 55.5 Å². The van der Waals surface area contributed by atoms with Crippen LogP contribution in [0.3, 0.4) is 0 Å². The fourth-order valence-electron chi connectivity index (χ4n) is 4.03. The minimum Gasteiger partial charge on any atom is -0.354 e. The summed E-state index contributed by atoms with van der Waals surface area (Å²) < 4.78 is 29.6. The molecule has 0 bridgehead atoms. The summed E-state index contributed by atoms with van der Waals surface area (Å²) in [6.45, 7) is 7.69. The van der Waals surface area contributed by atoms with Crippen LogP contribution in [0.15, 0.2) is 82.2 Å². The van der Waals surface area contributed by atoms with E-state index in [9.17, 15) is 18.0 Å². The van der Waals surface area contributed by atoms with Gasteiger partial charge in [-0.2, -0.15) is 0 Å². The van der Waals surface area contributed by atoms with Gasteiger partial charge >= 0.3 is 0 Å². The summed E-state index contributed by atoms with van der Waals surface area (Å²) in [5.74, 6) is -0.764. The quantitative estimate of drug-likeness (QED) is 0.270. The Balaban J connectivity index is 1.99. The van der Waals surface area contributed by atoms with Crippen molar-refractivity contribution in [1.82, 2.24) is 10.2 Å². The Morgan fingerprint density at radius 1 is 0.949 bits per heavy atom. The van der Waals surface area contributed by atoms with Gasteiger partial charge in [0.1, 0.15) is 12.6 Å². The van der Waals surface area contributed by atoms with Gasteiger partial charge in [0.05, 0.1) is 10.6 Å². The predicted molar refractivity (Wildman–Crippen MR) is 159 cm³/mol. The van der Waals surface area contributed by atoms with Gasteiger partial charge in [-0.25, -0.2) is 8.42 Å². The molecule has 0 aliphatic heterocycles. The smallest absolute Gasteiger partial charge is 0.264 e. The van der Waals surface area contributed by atoms with Crippen molar-refractivity contribution in [3.8, 4) is 0 Å². The molecule has 3 rings (SSSR count). The molecule has 9 heteroatoms. The molecule has 0 saturated heterocycles. The SMILES string of the molecule is CCCCNC(=O)[C@H](C)N(Cc1cccc(Br)c1)C(=O)CN(c1ccc(C)cc1)S(=O)(=O)c1ccc(C)cc1. The van der Waals surface area contributed by atoms with E-state index in [0.717, 1.165) is 38.3 Å². The standard InChI is InChI=1S/C30H36BrN3O4S/c1-5-6-18-32-30(36)24(4)33(20-25-8-7-9-26(31)19-25)29(35)21-34(27-14-10-22(2)11-15-27)39(37,38)28-16-12-23(3)13-17-28/h7-17,19,24H,5-6,18,20-21H2,1-4H3,(H,32,36)/t24-/m0/s1. The van der Waals surface area contributed by atoms with Crippen molar-refractivity contribution in [1.29, 1.82) is 0 Å². The number of unbranched alkanes of at least 4 members (excludes halogenated alkanes) is 1. The van der Waals surface area contributed by atoms with Gasteiger partial charge in [0.2, 0.25) is 11.8 Å². The number of halogens is 1. The number of benzene rings is 3. The molecule has 208 valence electrons. The minimum atomic E-state index is -4.08. The average molecular weight is 615 g/mol. The monoisotopic (exact) mass is 613 g/mol. The molecule has 0 unspecified atom stereocenters. The van der Waals surface area contributed by atoms with Crippen LogP contribution in [0.2, 0.25) is 0 Å². The van der Waals surface area contributed by atoms with Crippen molar-refractivity contribution >= 4 is 43.5 Å². The van der Waals surface area contributed by atoms with Crippen LogP contribution in [0.25, 0.3) is 0 Å². The molecule has 0 aliphatic rings. The largest absolute Gasteiger partial charge is 0.354 e. The number of hydrogen-bond acceptors (Lipinski definition) is 4. The zero-order valence-electron chi connectivity index (χ0n) is 22.9. The summed E-state index contributed by atoms with van der Waals surface area (Å²) in [4.78, 5) is 28.5. The number of amides is 2. The van der Waals surface area contributed by atoms with Crippen molar-refractivity contribution in [2.24, 2.45) is 0 Å². The van der Waals surface area contributed by atoms with Crippen LogP contribution in [0.5, 0.6) is 0 Å². The summed E-state index contributed by atoms with van der Waals surface area (Å²) in [5, 5.41) is 2.89. The number of anilines is 1. The van der Waals surface area contributed by atoms with Crippen molar-refractivity contribution in [2.45, 2.75) is 58.0 Å². The van der Waals surface area contributed by atoms with Gasteiger partial charge in [0, 0.05) is 17.6 Å². The second-order valence-corrected chi connectivity index (χ2v) is 12.4. The molecule has 1 atom stereocenters. The Morgan fingerprint density at radius 3 is 2.15 bits per heavy atom. The van der Waals surface area contributed by atoms with Crippen molar-refractivity contribution in [2.75, 3.05) is 17.4 Å². The molecule has 0 saturated carbocycles. The fraction of sp³-hybridized carbons (Fsp3) is 0.333. The maximum atomic E-state index is 13.9. The third kappa shape index (κ3) is 8.16. The number of carbonyl (C=O) groups excluding carboxylic acids is 2. The van der Waals surface area contributed by atoms with E-state index >= 15 is 0 Å². The molecule has 1 N–H and O–H groups in total. The summed E-state index contributed by atoms with van der Waals surface area (Å²) in [6.07, 6.45) is 1.76. The zero-order valence-corrected chi connectivity index (χ0v) is 25.3. The molecule has 3 aromatic carbocycles. The number of rotatable bonds is 12. The first-order chi connectivity index (χ1) is 18.5. The number of aryl methyl sites for hydroxylation is 2. The van der Waals surface area contributed by atoms with Gasteiger partial charge in [0.15, 0.2) is 0 Å². The van der Waals surface area contributed by atoms with Crippen LogP contribution in [0.4, 0.5) is 5.69 Å². The molecule has 0 aromatic heterocycles. The Kier molecular flexibility index (Phi) is 10.7. The van der Waals surface area contributed by atoms with E-state index in [1.807, 2.05) is 45.0 Å². The van der Waals surface area contributed by atoms with Crippen LogP contribution < -0.4 is 9.62 Å². The van der Waals surface area contributed by atoms with Crippen molar-refractivity contribution in [3.05, 3.63) is 94.0 Å². The van der Waals surface area contributed by atoms with Gasteiger partial charge in [-0.1, -0.05) is 76.8 Å². The number of hydrogen-bond donors (Lipinski definition) is 1. The Labute approximate surface area is 240 Å². The molecule has 0 spiro atoms. The highest BCUT2D eigenvalue weighted by molar-refractivity contribution is 9.10. The van der Waals surface area contributed by atoms with Gasteiger partial charge in [0.25, 0.3) is 10.0 Å². The lowest BCUT2D eigenvalue weighted by molar-refractivity contribution is -0.139. The molecule has 39 heavy (non-hydrogen) atoms. The molecule has 0 heterocycles. The second kappa shape index (κ2) is 13.8. The normalized spacial score (nSPS) is 12.0. The van der Waals surface area contributed by atoms with E-state index in [2.05, 4.69) is 21.2 Å². The molecule has 3 aromatic rings. The van der Waals surface area contributed by atoms with Gasteiger partial charge in [-0.15, -0.1) is 0 Å². The van der Waals surface area contributed by atoms with Crippen LogP contribution >= 0.6 is 15.9 Å². The van der Waals surface area contributed by atoms with Gasteiger partial charge in [-0.05, 0) is 69.2 Å². The Bertz CT molecular complexity index is 1380. The Hall–Kier alpha value is -3.17. The topological polar surface area (TPSA) is 86.8 Å². The highest BCUT2D eigenvalue weighted by Gasteiger charge is 2.32. The minimum absolute atomic E-state index is 0.0883. The molecule has 0 fully saturated rings. The number of nitrogens with one attached hydrogen (secondary N) is 1. The van der Waals surface area contributed by atoms with E-state index in [0.29, 0.717) is 12.2 Å². The number of sulfonamides is 1. The molecule has 7 nitrogen and oxygen atoms in total. The zero-order chi connectivity index (χ0) is 28.6. The van der Waals surface area contributed by atoms with Crippen molar-refractivity contribution in [3.63, 3.8) is 0 Å². The number of carbonyl (C=O) groups is 2. The highest BCUT2D eigenvalue weighted by Crippen LogP contribution is 2.25. The second-order valence-electron chi connectivity index (χ2n) is 9.63. The summed E-state index contributed by atoms with van der Waals surface area (Å²) in [5.41, 5.74) is 3.08. The molecule has 2 amide bonds. The summed E-state index contributed by atoms with van der Waals surface area (Å²) in [7, 11) is -4.08. The summed E-state index contributed by atoms with van der Waals surface area (Å²) in [6, 6.07) is 20.2. The molecule has 0 radical (unpaired) electrons. The van der Waals surface area contributed by atoms with E-state index in [-0.39, 0.29) is 17.3 Å². The van der Waals surface area contributed by atoms with Crippen LogP contribution in [-0.2, 0) is 26.2 Å². The van der Waals surface area contributed by atoms with Crippen molar-refractivity contribution < 1.29 is 18.0 Å². The van der Waals surface area contributed by atoms with Crippen LogP contribution in [0, 0.1) is 13.8 Å². The molecular weight excluding hydrogens is 578 g/mol. The first kappa shape index (κ1) is 30.4. The van der Waals surface area contributed by atoms with Crippen LogP contribution in [0.1, 0.15) is 43.4 Å². The lowest BCUT2D eigenvalue weighted by atomic mass is 10.1. The third-order valence-corrected chi connectivity index (χ3v) is 8.73. The first-order valence-corrected chi connectivity index (χ1v) is 15.2. The van der Waals surface area contributed by atoms with Gasteiger partial charge in [-0.3, -0.25) is 13.9 Å². The number of nitrogens with zero attached hydrogens (tertiary/aromatic N) is 2. The molecular formula is C30H36BrN3O4S. The first-order valence-electron chi connectivity index (χ1n) is 13.0. The highest BCUT2D eigenvalue weighted by atomic mass is 79.9. The third-order valence-electron chi connectivity index (χ3n) is 6.45.